The van der Waals surface area contributed by atoms with Crippen LogP contribution in [0.4, 0.5) is 0 Å². The van der Waals surface area contributed by atoms with Gasteiger partial charge in [-0.05, 0) is 38.7 Å². The molecule has 4 heteroatoms. The van der Waals surface area contributed by atoms with Crippen LogP contribution in [0.1, 0.15) is 38.2 Å². The minimum atomic E-state index is -0.0526. The van der Waals surface area contributed by atoms with E-state index >= 15 is 0 Å². The Labute approximate surface area is 139 Å². The van der Waals surface area contributed by atoms with Crippen LogP contribution in [0.2, 0.25) is 0 Å². The Bertz CT molecular complexity index is 497. The number of rotatable bonds is 5. The smallest absolute Gasteiger partial charge is 0.123 e. The molecule has 4 nitrogen and oxygen atoms in total. The second-order valence-electron chi connectivity index (χ2n) is 6.60. The summed E-state index contributed by atoms with van der Waals surface area (Å²) in [7, 11) is 1.83. The molecule has 0 amide bonds. The van der Waals surface area contributed by atoms with Gasteiger partial charge in [-0.3, -0.25) is 4.90 Å². The molecule has 0 saturated carbocycles. The van der Waals surface area contributed by atoms with E-state index in [0.29, 0.717) is 6.61 Å². The van der Waals surface area contributed by atoms with Gasteiger partial charge in [0.1, 0.15) is 5.75 Å². The molecule has 2 fully saturated rings. The third kappa shape index (κ3) is 3.70. The topological polar surface area (TPSA) is 30.9 Å². The summed E-state index contributed by atoms with van der Waals surface area (Å²) in [6, 6.07) is 8.37. The first-order valence-electron chi connectivity index (χ1n) is 8.87. The molecule has 1 spiro atoms. The van der Waals surface area contributed by atoms with Crippen molar-refractivity contribution in [2.75, 3.05) is 33.4 Å². The molecular weight excluding hydrogens is 290 g/mol. The van der Waals surface area contributed by atoms with Gasteiger partial charge >= 0.3 is 0 Å². The third-order valence-electron chi connectivity index (χ3n) is 5.24. The number of piperidine rings is 1. The van der Waals surface area contributed by atoms with Crippen molar-refractivity contribution < 1.29 is 14.2 Å². The first-order valence-corrected chi connectivity index (χ1v) is 8.87. The van der Waals surface area contributed by atoms with Crippen molar-refractivity contribution in [3.63, 3.8) is 0 Å². The number of nitrogens with zero attached hydrogens (tertiary/aromatic N) is 1. The Balaban J connectivity index is 1.61. The Morgan fingerprint density at radius 3 is 2.78 bits per heavy atom. The van der Waals surface area contributed by atoms with E-state index in [1.807, 2.05) is 20.1 Å². The zero-order valence-electron chi connectivity index (χ0n) is 14.4. The van der Waals surface area contributed by atoms with Crippen LogP contribution in [0.3, 0.4) is 0 Å². The van der Waals surface area contributed by atoms with Crippen molar-refractivity contribution >= 4 is 0 Å². The molecule has 0 N–H and O–H groups in total. The predicted octanol–water partition coefficient (Wildman–Crippen LogP) is 3.25. The molecule has 1 aromatic carbocycles. The first kappa shape index (κ1) is 16.7. The molecule has 0 unspecified atom stereocenters. The van der Waals surface area contributed by atoms with Crippen molar-refractivity contribution in [1.29, 1.82) is 0 Å². The molecule has 2 aliphatic heterocycles. The Hall–Kier alpha value is -1.10. The van der Waals surface area contributed by atoms with Crippen LogP contribution in [-0.2, 0) is 16.0 Å². The van der Waals surface area contributed by atoms with Crippen molar-refractivity contribution in [1.82, 2.24) is 4.90 Å². The minimum absolute atomic E-state index is 0.0526. The lowest BCUT2D eigenvalue weighted by molar-refractivity contribution is -0.186. The first-order chi connectivity index (χ1) is 11.3. The quantitative estimate of drug-likeness (QED) is 0.833. The largest absolute Gasteiger partial charge is 0.494 e. The number of ether oxygens (including phenoxy) is 3. The van der Waals surface area contributed by atoms with Crippen LogP contribution in [0.25, 0.3) is 0 Å². The number of methoxy groups -OCH3 is 1. The maximum atomic E-state index is 6.19. The van der Waals surface area contributed by atoms with Crippen molar-refractivity contribution in [3.8, 4) is 5.75 Å². The van der Waals surface area contributed by atoms with Crippen LogP contribution in [0.15, 0.2) is 24.3 Å². The highest BCUT2D eigenvalue weighted by atomic mass is 16.5. The molecule has 1 atom stereocenters. The van der Waals surface area contributed by atoms with E-state index in [9.17, 15) is 0 Å². The maximum Gasteiger partial charge on any atom is 0.123 e. The lowest BCUT2D eigenvalue weighted by atomic mass is 9.81. The van der Waals surface area contributed by atoms with Crippen LogP contribution in [-0.4, -0.2) is 50.0 Å². The zero-order valence-corrected chi connectivity index (χ0v) is 14.4. The van der Waals surface area contributed by atoms with Gasteiger partial charge in [0.05, 0.1) is 18.3 Å². The van der Waals surface area contributed by atoms with Crippen LogP contribution in [0, 0.1) is 0 Å². The van der Waals surface area contributed by atoms with E-state index in [4.69, 9.17) is 14.2 Å². The van der Waals surface area contributed by atoms with Crippen LogP contribution in [0.5, 0.6) is 5.75 Å². The normalized spacial score (nSPS) is 24.7. The summed E-state index contributed by atoms with van der Waals surface area (Å²) in [5, 5.41) is 0. The summed E-state index contributed by atoms with van der Waals surface area (Å²) >= 11 is 0. The summed E-state index contributed by atoms with van der Waals surface area (Å²) in [5.74, 6) is 1.01. The standard InChI is InChI=1S/C19H29NO3/c1-3-22-17-8-5-4-7-16(17)15-20-12-10-19(11-13-20)18(21-2)9-6-14-23-19/h4-5,7-8,18H,3,6,9-15H2,1-2H3/t18-/m1/s1. The van der Waals surface area contributed by atoms with Crippen molar-refractivity contribution in [3.05, 3.63) is 29.8 Å². The van der Waals surface area contributed by atoms with Crippen molar-refractivity contribution in [2.45, 2.75) is 50.9 Å². The van der Waals surface area contributed by atoms with E-state index in [1.54, 1.807) is 0 Å². The molecule has 0 radical (unpaired) electrons. The molecule has 0 aromatic heterocycles. The SMILES string of the molecule is CCOc1ccccc1CN1CCC2(CC1)OCCC[C@H]2OC. The number of hydrogen-bond donors (Lipinski definition) is 0. The van der Waals surface area contributed by atoms with Gasteiger partial charge in [-0.15, -0.1) is 0 Å². The Morgan fingerprint density at radius 1 is 1.26 bits per heavy atom. The van der Waals surface area contributed by atoms with Crippen LogP contribution >= 0.6 is 0 Å². The lowest BCUT2D eigenvalue weighted by Crippen LogP contribution is -2.55. The van der Waals surface area contributed by atoms with Gasteiger partial charge in [0.15, 0.2) is 0 Å². The lowest BCUT2D eigenvalue weighted by Gasteiger charge is -2.48. The van der Waals surface area contributed by atoms with Gasteiger partial charge in [0.2, 0.25) is 0 Å². The zero-order chi connectivity index (χ0) is 16.1. The Kier molecular flexibility index (Phi) is 5.57. The molecule has 23 heavy (non-hydrogen) atoms. The molecule has 0 aliphatic carbocycles. The van der Waals surface area contributed by atoms with Gasteiger partial charge in [0.25, 0.3) is 0 Å². The van der Waals surface area contributed by atoms with Gasteiger partial charge in [0, 0.05) is 38.9 Å². The third-order valence-corrected chi connectivity index (χ3v) is 5.24. The van der Waals surface area contributed by atoms with E-state index in [1.165, 1.54) is 5.56 Å². The highest BCUT2D eigenvalue weighted by Crippen LogP contribution is 2.37. The molecule has 2 aliphatic rings. The number of benzene rings is 1. The van der Waals surface area contributed by atoms with E-state index in [0.717, 1.165) is 57.7 Å². The fourth-order valence-electron chi connectivity index (χ4n) is 3.96. The average molecular weight is 319 g/mol. The summed E-state index contributed by atoms with van der Waals surface area (Å²) in [6.07, 6.45) is 4.62. The average Bonchev–Trinajstić information content (AvgIpc) is 2.59. The summed E-state index contributed by atoms with van der Waals surface area (Å²) < 4.78 is 17.7. The summed E-state index contributed by atoms with van der Waals surface area (Å²) in [5.41, 5.74) is 1.22. The van der Waals surface area contributed by atoms with E-state index < -0.39 is 0 Å². The molecule has 0 bridgehead atoms. The molecule has 1 aromatic rings. The fraction of sp³-hybridized carbons (Fsp3) is 0.684. The van der Waals surface area contributed by atoms with E-state index in [-0.39, 0.29) is 11.7 Å². The molecule has 128 valence electrons. The molecule has 2 heterocycles. The van der Waals surface area contributed by atoms with Gasteiger partial charge in [-0.1, -0.05) is 18.2 Å². The second kappa shape index (κ2) is 7.65. The minimum Gasteiger partial charge on any atom is -0.494 e. The molecular formula is C19H29NO3. The Morgan fingerprint density at radius 2 is 2.04 bits per heavy atom. The fourth-order valence-corrected chi connectivity index (χ4v) is 3.96. The highest BCUT2D eigenvalue weighted by Gasteiger charge is 2.44. The van der Waals surface area contributed by atoms with Gasteiger partial charge in [-0.2, -0.15) is 0 Å². The maximum absolute atomic E-state index is 6.19. The van der Waals surface area contributed by atoms with Gasteiger partial charge < -0.3 is 14.2 Å². The molecule has 3 rings (SSSR count). The van der Waals surface area contributed by atoms with Crippen LogP contribution < -0.4 is 4.74 Å². The summed E-state index contributed by atoms with van der Waals surface area (Å²) in [4.78, 5) is 2.51. The number of likely N-dealkylation sites (tertiary alicyclic amines) is 1. The second-order valence-corrected chi connectivity index (χ2v) is 6.60. The number of hydrogen-bond acceptors (Lipinski definition) is 4. The predicted molar refractivity (Wildman–Crippen MR) is 90.8 cm³/mol. The van der Waals surface area contributed by atoms with Crippen molar-refractivity contribution in [2.24, 2.45) is 0 Å². The monoisotopic (exact) mass is 319 g/mol. The highest BCUT2D eigenvalue weighted by molar-refractivity contribution is 5.33. The summed E-state index contributed by atoms with van der Waals surface area (Å²) in [6.45, 7) is 6.69. The molecule has 2 saturated heterocycles. The van der Waals surface area contributed by atoms with E-state index in [2.05, 4.69) is 23.1 Å². The van der Waals surface area contributed by atoms with Gasteiger partial charge in [-0.25, -0.2) is 0 Å². The number of para-hydroxylation sites is 1.